The van der Waals surface area contributed by atoms with Gasteiger partial charge in [0.25, 0.3) is 21.6 Å². The summed E-state index contributed by atoms with van der Waals surface area (Å²) < 4.78 is 29.0. The fourth-order valence-electron chi connectivity index (χ4n) is 3.88. The highest BCUT2D eigenvalue weighted by Gasteiger charge is 2.28. The number of nitrogens with zero attached hydrogens (tertiary/aromatic N) is 3. The molecule has 0 radical (unpaired) electrons. The number of hydrogen-bond donors (Lipinski definition) is 1. The van der Waals surface area contributed by atoms with E-state index < -0.39 is 20.9 Å². The molecule has 1 N–H and O–H groups in total. The Morgan fingerprint density at radius 1 is 0.975 bits per heavy atom. The van der Waals surface area contributed by atoms with Gasteiger partial charge in [0.15, 0.2) is 0 Å². The summed E-state index contributed by atoms with van der Waals surface area (Å²) in [6, 6.07) is 25.4. The summed E-state index contributed by atoms with van der Waals surface area (Å²) in [6.45, 7) is 3.39. The van der Waals surface area contributed by atoms with Crippen molar-refractivity contribution in [3.63, 3.8) is 0 Å². The van der Waals surface area contributed by atoms with E-state index in [0.717, 1.165) is 5.56 Å². The van der Waals surface area contributed by atoms with Crippen molar-refractivity contribution >= 4 is 44.6 Å². The highest BCUT2D eigenvalue weighted by molar-refractivity contribution is 7.92. The Balaban J connectivity index is 1.72. The van der Waals surface area contributed by atoms with Gasteiger partial charge in [-0.15, -0.1) is 0 Å². The van der Waals surface area contributed by atoms with Crippen molar-refractivity contribution in [2.75, 3.05) is 4.31 Å². The van der Waals surface area contributed by atoms with Crippen LogP contribution < -0.4 is 9.73 Å². The number of anilines is 1. The van der Waals surface area contributed by atoms with Crippen molar-refractivity contribution in [2.24, 2.45) is 5.10 Å². The molecule has 4 aromatic carbocycles. The van der Waals surface area contributed by atoms with Crippen LogP contribution in [-0.2, 0) is 16.6 Å². The second kappa shape index (κ2) is 12.1. The van der Waals surface area contributed by atoms with Gasteiger partial charge in [-0.1, -0.05) is 65.7 Å². The van der Waals surface area contributed by atoms with Crippen molar-refractivity contribution in [3.05, 3.63) is 134 Å². The maximum absolute atomic E-state index is 13.9. The van der Waals surface area contributed by atoms with Gasteiger partial charge in [0.1, 0.15) is 0 Å². The molecule has 0 heterocycles. The number of hydrazone groups is 1. The molecule has 0 aliphatic heterocycles. The zero-order valence-electron chi connectivity index (χ0n) is 21.6. The van der Waals surface area contributed by atoms with E-state index in [4.69, 9.17) is 11.6 Å². The van der Waals surface area contributed by atoms with Gasteiger partial charge in [-0.3, -0.25) is 19.2 Å². The van der Waals surface area contributed by atoms with Gasteiger partial charge in [0.2, 0.25) is 0 Å². The van der Waals surface area contributed by atoms with E-state index in [2.05, 4.69) is 10.5 Å². The molecule has 0 aromatic heterocycles. The second-order valence-electron chi connectivity index (χ2n) is 8.91. The van der Waals surface area contributed by atoms with Gasteiger partial charge in [-0.05, 0) is 55.8 Å². The van der Waals surface area contributed by atoms with Gasteiger partial charge in [-0.25, -0.2) is 13.8 Å². The van der Waals surface area contributed by atoms with Gasteiger partial charge < -0.3 is 0 Å². The minimum Gasteiger partial charge on any atom is -0.267 e. The average molecular weight is 577 g/mol. The van der Waals surface area contributed by atoms with E-state index in [1.165, 1.54) is 40.7 Å². The van der Waals surface area contributed by atoms with E-state index in [1.807, 2.05) is 6.92 Å². The number of halogens is 1. The first-order valence-electron chi connectivity index (χ1n) is 12.1. The number of carbonyl (C=O) groups is 1. The van der Waals surface area contributed by atoms with Crippen molar-refractivity contribution in [1.82, 2.24) is 5.43 Å². The number of nitrogens with one attached hydrogen (secondary N) is 1. The number of hydrogen-bond acceptors (Lipinski definition) is 6. The molecule has 0 fully saturated rings. The number of nitro benzene ring substituents is 1. The molecule has 204 valence electrons. The standard InChI is InChI=1S/C29H25ClN4O5S/c1-20-10-16-26(17-11-20)40(38,39)33(19-22-12-14-24(30)15-13-22)28-9-4-3-8-27(28)29(35)32-31-21(2)23-6-5-7-25(18-23)34(36)37/h3-18H,19H2,1-2H3,(H,32,35). The van der Waals surface area contributed by atoms with E-state index in [1.54, 1.807) is 67.6 Å². The summed E-state index contributed by atoms with van der Waals surface area (Å²) >= 11 is 6.03. The molecule has 9 nitrogen and oxygen atoms in total. The molecule has 0 aliphatic rings. The third-order valence-corrected chi connectivity index (χ3v) is 8.09. The smallest absolute Gasteiger partial charge is 0.267 e. The van der Waals surface area contributed by atoms with Gasteiger partial charge in [-0.2, -0.15) is 5.10 Å². The Hall–Kier alpha value is -4.54. The molecule has 4 aromatic rings. The predicted octanol–water partition coefficient (Wildman–Crippen LogP) is 6.11. The molecule has 0 unspecified atom stereocenters. The van der Waals surface area contributed by atoms with Crippen LogP contribution in [0, 0.1) is 17.0 Å². The molecule has 11 heteroatoms. The Labute approximate surface area is 236 Å². The first-order valence-corrected chi connectivity index (χ1v) is 13.9. The highest BCUT2D eigenvalue weighted by atomic mass is 35.5. The molecule has 4 rings (SSSR count). The number of para-hydroxylation sites is 1. The lowest BCUT2D eigenvalue weighted by atomic mass is 10.1. The van der Waals surface area contributed by atoms with E-state index in [-0.39, 0.29) is 28.4 Å². The van der Waals surface area contributed by atoms with Gasteiger partial charge >= 0.3 is 0 Å². The quantitative estimate of drug-likeness (QED) is 0.146. The fraction of sp³-hybridized carbons (Fsp3) is 0.103. The SMILES string of the molecule is CC(=NNC(=O)c1ccccc1N(Cc1ccc(Cl)cc1)S(=O)(=O)c1ccc(C)cc1)c1cccc([N+](=O)[O-])c1. The summed E-state index contributed by atoms with van der Waals surface area (Å²) in [6.07, 6.45) is 0. The first kappa shape index (κ1) is 28.5. The summed E-state index contributed by atoms with van der Waals surface area (Å²) in [7, 11) is -4.10. The number of rotatable bonds is 9. The van der Waals surface area contributed by atoms with E-state index >= 15 is 0 Å². The normalized spacial score (nSPS) is 11.6. The largest absolute Gasteiger partial charge is 0.273 e. The molecule has 0 saturated heterocycles. The third kappa shape index (κ3) is 6.53. The van der Waals surface area contributed by atoms with Crippen LogP contribution in [0.3, 0.4) is 0 Å². The molecular weight excluding hydrogens is 552 g/mol. The predicted molar refractivity (Wildman–Crippen MR) is 155 cm³/mol. The Morgan fingerprint density at radius 3 is 2.33 bits per heavy atom. The third-order valence-electron chi connectivity index (χ3n) is 6.07. The molecule has 40 heavy (non-hydrogen) atoms. The summed E-state index contributed by atoms with van der Waals surface area (Å²) in [5.41, 5.74) is 4.92. The Morgan fingerprint density at radius 2 is 1.65 bits per heavy atom. The zero-order chi connectivity index (χ0) is 28.9. The lowest BCUT2D eigenvalue weighted by Crippen LogP contribution is -2.33. The van der Waals surface area contributed by atoms with Gasteiger partial charge in [0, 0.05) is 22.7 Å². The number of sulfonamides is 1. The second-order valence-corrected chi connectivity index (χ2v) is 11.2. The molecule has 0 aliphatic carbocycles. The Kier molecular flexibility index (Phi) is 8.61. The van der Waals surface area contributed by atoms with Crippen molar-refractivity contribution in [3.8, 4) is 0 Å². The highest BCUT2D eigenvalue weighted by Crippen LogP contribution is 2.30. The Bertz CT molecular complexity index is 1690. The van der Waals surface area contributed by atoms with Gasteiger partial charge in [0.05, 0.1) is 33.3 Å². The number of non-ortho nitro benzene ring substituents is 1. The molecular formula is C29H25ClN4O5S. The number of amides is 1. The number of nitro groups is 1. The fourth-order valence-corrected chi connectivity index (χ4v) is 5.48. The van der Waals surface area contributed by atoms with E-state index in [9.17, 15) is 23.3 Å². The molecule has 0 saturated carbocycles. The van der Waals surface area contributed by atoms with E-state index in [0.29, 0.717) is 21.9 Å². The lowest BCUT2D eigenvalue weighted by molar-refractivity contribution is -0.384. The molecule has 0 atom stereocenters. The van der Waals surface area contributed by atoms with Crippen LogP contribution in [0.4, 0.5) is 11.4 Å². The summed E-state index contributed by atoms with van der Waals surface area (Å²) in [5.74, 6) is -0.652. The van der Waals surface area contributed by atoms with Crippen LogP contribution in [0.2, 0.25) is 5.02 Å². The molecule has 0 spiro atoms. The van der Waals surface area contributed by atoms with Crippen LogP contribution in [0.5, 0.6) is 0 Å². The lowest BCUT2D eigenvalue weighted by Gasteiger charge is -2.26. The van der Waals surface area contributed by atoms with Crippen LogP contribution in [0.1, 0.15) is 34.0 Å². The minimum absolute atomic E-state index is 0.0619. The van der Waals surface area contributed by atoms with Crippen LogP contribution in [0.25, 0.3) is 0 Å². The summed E-state index contributed by atoms with van der Waals surface area (Å²) in [4.78, 5) is 24.0. The zero-order valence-corrected chi connectivity index (χ0v) is 23.2. The number of carbonyl (C=O) groups excluding carboxylic acids is 1. The monoisotopic (exact) mass is 576 g/mol. The van der Waals surface area contributed by atoms with Crippen molar-refractivity contribution < 1.29 is 18.1 Å². The topological polar surface area (TPSA) is 122 Å². The average Bonchev–Trinajstić information content (AvgIpc) is 2.95. The van der Waals surface area contributed by atoms with Crippen molar-refractivity contribution in [2.45, 2.75) is 25.3 Å². The maximum atomic E-state index is 13.9. The van der Waals surface area contributed by atoms with Crippen LogP contribution in [0.15, 0.2) is 107 Å². The van der Waals surface area contributed by atoms with Crippen molar-refractivity contribution in [1.29, 1.82) is 0 Å². The minimum atomic E-state index is -4.10. The molecule has 0 bridgehead atoms. The van der Waals surface area contributed by atoms with Crippen LogP contribution in [-0.4, -0.2) is 25.0 Å². The summed E-state index contributed by atoms with van der Waals surface area (Å²) in [5, 5.41) is 15.7. The first-order chi connectivity index (χ1) is 19.1. The number of benzene rings is 4. The molecule has 1 amide bonds. The van der Waals surface area contributed by atoms with Crippen LogP contribution >= 0.6 is 11.6 Å². The maximum Gasteiger partial charge on any atom is 0.273 e. The number of aryl methyl sites for hydroxylation is 1.